The van der Waals surface area contributed by atoms with E-state index in [0.29, 0.717) is 0 Å². The van der Waals surface area contributed by atoms with Crippen LogP contribution >= 0.6 is 11.3 Å². The first-order valence-corrected chi connectivity index (χ1v) is 6.87. The second-order valence-electron chi connectivity index (χ2n) is 3.43. The van der Waals surface area contributed by atoms with Gasteiger partial charge in [0.25, 0.3) is 0 Å². The van der Waals surface area contributed by atoms with Crippen LogP contribution in [0.3, 0.4) is 0 Å². The highest BCUT2D eigenvalue weighted by Gasteiger charge is 2.29. The lowest BCUT2D eigenvalue weighted by atomic mass is 10.1. The molecule has 0 aliphatic heterocycles. The fourth-order valence-corrected chi connectivity index (χ4v) is 4.20. The van der Waals surface area contributed by atoms with Gasteiger partial charge in [0.2, 0.25) is 10.0 Å². The zero-order chi connectivity index (χ0) is 10.8. The molecule has 1 rings (SSSR count). The summed E-state index contributed by atoms with van der Waals surface area (Å²) in [5.74, 6) is 0.0751. The highest BCUT2D eigenvalue weighted by molar-refractivity contribution is 7.89. The van der Waals surface area contributed by atoms with Crippen LogP contribution in [0.2, 0.25) is 0 Å². The first kappa shape index (κ1) is 11.7. The number of hydrogen-bond acceptors (Lipinski definition) is 3. The molecule has 0 saturated carbocycles. The van der Waals surface area contributed by atoms with E-state index in [9.17, 15) is 8.42 Å². The van der Waals surface area contributed by atoms with Gasteiger partial charge >= 0.3 is 0 Å². The molecule has 1 atom stereocenters. The van der Waals surface area contributed by atoms with Crippen molar-refractivity contribution in [1.82, 2.24) is 4.72 Å². The van der Waals surface area contributed by atoms with Gasteiger partial charge in [0.05, 0.1) is 0 Å². The van der Waals surface area contributed by atoms with E-state index in [1.54, 1.807) is 0 Å². The van der Waals surface area contributed by atoms with Gasteiger partial charge in [0, 0.05) is 4.88 Å². The number of nitrogens with one attached hydrogen (secondary N) is 1. The van der Waals surface area contributed by atoms with Crippen molar-refractivity contribution in [2.75, 3.05) is 7.05 Å². The summed E-state index contributed by atoms with van der Waals surface area (Å²) in [4.78, 5) is 0.898. The summed E-state index contributed by atoms with van der Waals surface area (Å²) >= 11 is 1.48. The predicted molar refractivity (Wildman–Crippen MR) is 59.9 cm³/mol. The quantitative estimate of drug-likeness (QED) is 0.864. The summed E-state index contributed by atoms with van der Waals surface area (Å²) in [6, 6.07) is 3.74. The molecule has 1 aromatic rings. The molecular formula is C9H15NO2S2. The van der Waals surface area contributed by atoms with E-state index < -0.39 is 15.3 Å². The Morgan fingerprint density at radius 1 is 1.43 bits per heavy atom. The molecule has 3 nitrogen and oxygen atoms in total. The summed E-state index contributed by atoms with van der Waals surface area (Å²) in [5, 5.41) is 1.46. The normalized spacial score (nSPS) is 14.6. The lowest BCUT2D eigenvalue weighted by molar-refractivity contribution is 0.536. The number of hydrogen-bond donors (Lipinski definition) is 1. The Labute approximate surface area is 89.2 Å². The van der Waals surface area contributed by atoms with Gasteiger partial charge in [-0.05, 0) is 24.4 Å². The maximum absolute atomic E-state index is 11.7. The van der Waals surface area contributed by atoms with Gasteiger partial charge < -0.3 is 0 Å². The van der Waals surface area contributed by atoms with Crippen LogP contribution in [-0.4, -0.2) is 15.5 Å². The Bertz CT molecular complexity index is 368. The number of sulfonamides is 1. The average molecular weight is 233 g/mol. The monoisotopic (exact) mass is 233 g/mol. The molecule has 1 aromatic heterocycles. The highest BCUT2D eigenvalue weighted by atomic mass is 32.2. The standard InChI is InChI=1S/C9H15NO2S2/c1-7(2)9(14(11,12)10-3)8-5-4-6-13-8/h4-7,9-10H,1-3H3. The van der Waals surface area contributed by atoms with Crippen LogP contribution in [0.5, 0.6) is 0 Å². The Morgan fingerprint density at radius 2 is 2.07 bits per heavy atom. The van der Waals surface area contributed by atoms with Gasteiger partial charge in [-0.15, -0.1) is 11.3 Å². The zero-order valence-electron chi connectivity index (χ0n) is 8.52. The van der Waals surface area contributed by atoms with Crippen molar-refractivity contribution in [3.63, 3.8) is 0 Å². The summed E-state index contributed by atoms with van der Waals surface area (Å²) < 4.78 is 25.9. The van der Waals surface area contributed by atoms with Crippen molar-refractivity contribution >= 4 is 21.4 Å². The molecule has 80 valence electrons. The summed E-state index contributed by atoms with van der Waals surface area (Å²) in [6.45, 7) is 3.83. The second-order valence-corrected chi connectivity index (χ2v) is 6.41. The Morgan fingerprint density at radius 3 is 2.43 bits per heavy atom. The van der Waals surface area contributed by atoms with Crippen molar-refractivity contribution in [2.24, 2.45) is 5.92 Å². The highest BCUT2D eigenvalue weighted by Crippen LogP contribution is 2.32. The number of thiophene rings is 1. The van der Waals surface area contributed by atoms with Crippen LogP contribution in [0.1, 0.15) is 24.0 Å². The molecule has 0 fully saturated rings. The molecule has 1 N–H and O–H groups in total. The molecule has 0 aromatic carbocycles. The van der Waals surface area contributed by atoms with E-state index in [0.717, 1.165) is 4.88 Å². The minimum atomic E-state index is -3.22. The van der Waals surface area contributed by atoms with Crippen molar-refractivity contribution < 1.29 is 8.42 Å². The molecule has 0 radical (unpaired) electrons. The molecule has 1 unspecified atom stereocenters. The third kappa shape index (κ3) is 2.34. The second kappa shape index (κ2) is 4.42. The molecular weight excluding hydrogens is 218 g/mol. The molecule has 0 aliphatic rings. The van der Waals surface area contributed by atoms with E-state index in [1.807, 2.05) is 31.4 Å². The third-order valence-electron chi connectivity index (χ3n) is 2.05. The van der Waals surface area contributed by atoms with Gasteiger partial charge in [-0.1, -0.05) is 19.9 Å². The fourth-order valence-electron chi connectivity index (χ4n) is 1.42. The van der Waals surface area contributed by atoms with Gasteiger partial charge in [0.15, 0.2) is 0 Å². The summed E-state index contributed by atoms with van der Waals surface area (Å²) in [6.07, 6.45) is 0. The van der Waals surface area contributed by atoms with Gasteiger partial charge in [-0.25, -0.2) is 13.1 Å². The van der Waals surface area contributed by atoms with E-state index in [-0.39, 0.29) is 5.92 Å². The molecule has 0 bridgehead atoms. The summed E-state index contributed by atoms with van der Waals surface area (Å²) in [7, 11) is -1.77. The van der Waals surface area contributed by atoms with Crippen molar-refractivity contribution in [1.29, 1.82) is 0 Å². The van der Waals surface area contributed by atoms with Crippen LogP contribution in [0.25, 0.3) is 0 Å². The molecule has 0 aliphatic carbocycles. The molecule has 0 spiro atoms. The van der Waals surface area contributed by atoms with Crippen LogP contribution in [0.15, 0.2) is 17.5 Å². The van der Waals surface area contributed by atoms with Crippen molar-refractivity contribution in [3.8, 4) is 0 Å². The first-order chi connectivity index (χ1) is 6.49. The van der Waals surface area contributed by atoms with Gasteiger partial charge in [-0.3, -0.25) is 0 Å². The molecule has 0 amide bonds. The van der Waals surface area contributed by atoms with E-state index in [1.165, 1.54) is 18.4 Å². The van der Waals surface area contributed by atoms with Gasteiger partial charge in [0.1, 0.15) is 5.25 Å². The lowest BCUT2D eigenvalue weighted by Gasteiger charge is -2.18. The fraction of sp³-hybridized carbons (Fsp3) is 0.556. The molecule has 5 heteroatoms. The molecule has 0 saturated heterocycles. The van der Waals surface area contributed by atoms with Crippen molar-refractivity contribution in [3.05, 3.63) is 22.4 Å². The van der Waals surface area contributed by atoms with Crippen LogP contribution in [0, 0.1) is 5.92 Å². The minimum Gasteiger partial charge on any atom is -0.218 e. The number of rotatable bonds is 4. The predicted octanol–water partition coefficient (Wildman–Crippen LogP) is 1.99. The van der Waals surface area contributed by atoms with Crippen molar-refractivity contribution in [2.45, 2.75) is 19.1 Å². The summed E-state index contributed by atoms with van der Waals surface area (Å²) in [5.41, 5.74) is 0. The average Bonchev–Trinajstić information content (AvgIpc) is 2.56. The molecule has 14 heavy (non-hydrogen) atoms. The van der Waals surface area contributed by atoms with Gasteiger partial charge in [-0.2, -0.15) is 0 Å². The maximum atomic E-state index is 11.7. The van der Waals surface area contributed by atoms with E-state index in [2.05, 4.69) is 4.72 Å². The Hall–Kier alpha value is -0.390. The van der Waals surface area contributed by atoms with Crippen LogP contribution < -0.4 is 4.72 Å². The Kier molecular flexibility index (Phi) is 3.69. The topological polar surface area (TPSA) is 46.2 Å². The molecule has 1 heterocycles. The SMILES string of the molecule is CNS(=O)(=O)C(c1cccs1)C(C)C. The minimum absolute atomic E-state index is 0.0751. The largest absolute Gasteiger partial charge is 0.219 e. The van der Waals surface area contributed by atoms with Crippen LogP contribution in [0.4, 0.5) is 0 Å². The van der Waals surface area contributed by atoms with Crippen LogP contribution in [-0.2, 0) is 10.0 Å². The Balaban J connectivity index is 3.10. The first-order valence-electron chi connectivity index (χ1n) is 4.45. The zero-order valence-corrected chi connectivity index (χ0v) is 10.2. The lowest BCUT2D eigenvalue weighted by Crippen LogP contribution is -2.28. The maximum Gasteiger partial charge on any atom is 0.219 e. The van der Waals surface area contributed by atoms with E-state index >= 15 is 0 Å². The van der Waals surface area contributed by atoms with E-state index in [4.69, 9.17) is 0 Å². The third-order valence-corrected chi connectivity index (χ3v) is 5.19. The smallest absolute Gasteiger partial charge is 0.218 e.